The van der Waals surface area contributed by atoms with Gasteiger partial charge in [0.25, 0.3) is 0 Å². The van der Waals surface area contributed by atoms with E-state index in [0.717, 1.165) is 47.2 Å². The highest BCUT2D eigenvalue weighted by atomic mass is 35.5. The number of anilines is 1. The van der Waals surface area contributed by atoms with Crippen LogP contribution in [0, 0.1) is 5.82 Å². The van der Waals surface area contributed by atoms with Crippen molar-refractivity contribution in [2.75, 3.05) is 11.1 Å². The van der Waals surface area contributed by atoms with Gasteiger partial charge in [-0.25, -0.2) is 4.39 Å². The second-order valence-corrected chi connectivity index (χ2v) is 8.00. The predicted molar refractivity (Wildman–Crippen MR) is 109 cm³/mol. The quantitative estimate of drug-likeness (QED) is 0.576. The standard InChI is InChI=1S/C21H18ClFN2OS/c22-13-5-10-19-17(11-13)21(16-3-1-2-4-18(16)25-19)27-12-20(26)24-15-8-6-14(23)7-9-15/h5-11H,1-4,12H2,(H,24,26). The third kappa shape index (κ3) is 4.09. The monoisotopic (exact) mass is 400 g/mol. The van der Waals surface area contributed by atoms with Crippen molar-refractivity contribution < 1.29 is 9.18 Å². The van der Waals surface area contributed by atoms with Crippen LogP contribution < -0.4 is 5.32 Å². The Kier molecular flexibility index (Phi) is 5.32. The molecule has 0 bridgehead atoms. The zero-order valence-electron chi connectivity index (χ0n) is 14.6. The van der Waals surface area contributed by atoms with E-state index < -0.39 is 0 Å². The van der Waals surface area contributed by atoms with E-state index in [4.69, 9.17) is 16.6 Å². The molecule has 1 aliphatic rings. The molecule has 3 nitrogen and oxygen atoms in total. The van der Waals surface area contributed by atoms with Gasteiger partial charge in [0.15, 0.2) is 0 Å². The van der Waals surface area contributed by atoms with Crippen LogP contribution >= 0.6 is 23.4 Å². The van der Waals surface area contributed by atoms with Crippen molar-refractivity contribution in [3.8, 4) is 0 Å². The van der Waals surface area contributed by atoms with Gasteiger partial charge in [-0.3, -0.25) is 9.78 Å². The molecule has 27 heavy (non-hydrogen) atoms. The van der Waals surface area contributed by atoms with Crippen LogP contribution in [0.2, 0.25) is 5.02 Å². The maximum atomic E-state index is 13.0. The van der Waals surface area contributed by atoms with Crippen LogP contribution in [0.15, 0.2) is 47.4 Å². The number of nitrogens with zero attached hydrogens (tertiary/aromatic N) is 1. The number of carbonyl (C=O) groups excluding carboxylic acids is 1. The average Bonchev–Trinajstić information content (AvgIpc) is 2.67. The van der Waals surface area contributed by atoms with Crippen molar-refractivity contribution in [1.82, 2.24) is 4.98 Å². The normalized spacial score (nSPS) is 13.4. The number of aromatic nitrogens is 1. The molecule has 1 aliphatic carbocycles. The summed E-state index contributed by atoms with van der Waals surface area (Å²) in [4.78, 5) is 18.3. The van der Waals surface area contributed by atoms with Crippen LogP contribution in [-0.2, 0) is 17.6 Å². The van der Waals surface area contributed by atoms with Crippen LogP contribution in [0.4, 0.5) is 10.1 Å². The molecule has 0 saturated heterocycles. The minimum Gasteiger partial charge on any atom is -0.325 e. The molecule has 0 unspecified atom stereocenters. The number of nitrogens with one attached hydrogen (secondary N) is 1. The number of aryl methyl sites for hydroxylation is 1. The summed E-state index contributed by atoms with van der Waals surface area (Å²) < 4.78 is 13.0. The minimum atomic E-state index is -0.325. The first-order valence-corrected chi connectivity index (χ1v) is 10.3. The number of halogens is 2. The van der Waals surface area contributed by atoms with Crippen LogP contribution in [0.3, 0.4) is 0 Å². The highest BCUT2D eigenvalue weighted by Crippen LogP contribution is 2.37. The molecule has 1 N–H and O–H groups in total. The Hall–Kier alpha value is -2.11. The van der Waals surface area contributed by atoms with E-state index in [2.05, 4.69) is 5.32 Å². The fraction of sp³-hybridized carbons (Fsp3) is 0.238. The first-order valence-electron chi connectivity index (χ1n) is 8.89. The van der Waals surface area contributed by atoms with Crippen LogP contribution in [0.1, 0.15) is 24.1 Å². The summed E-state index contributed by atoms with van der Waals surface area (Å²) in [5, 5.41) is 4.48. The largest absolute Gasteiger partial charge is 0.325 e. The Balaban J connectivity index is 1.59. The number of rotatable bonds is 4. The Bertz CT molecular complexity index is 1010. The molecule has 0 radical (unpaired) electrons. The molecular weight excluding hydrogens is 383 g/mol. The van der Waals surface area contributed by atoms with Crippen LogP contribution in [0.25, 0.3) is 10.9 Å². The third-order valence-electron chi connectivity index (χ3n) is 4.65. The van der Waals surface area contributed by atoms with Crippen molar-refractivity contribution in [3.63, 3.8) is 0 Å². The van der Waals surface area contributed by atoms with Gasteiger partial charge in [0.05, 0.1) is 11.3 Å². The lowest BCUT2D eigenvalue weighted by Crippen LogP contribution is -2.15. The van der Waals surface area contributed by atoms with Crippen LogP contribution in [-0.4, -0.2) is 16.6 Å². The molecule has 4 rings (SSSR count). The molecule has 1 amide bonds. The third-order valence-corrected chi connectivity index (χ3v) is 6.04. The molecular formula is C21H18ClFN2OS. The van der Waals surface area contributed by atoms with Crippen molar-refractivity contribution >= 4 is 45.9 Å². The summed E-state index contributed by atoms with van der Waals surface area (Å²) >= 11 is 7.73. The van der Waals surface area contributed by atoms with Crippen LogP contribution in [0.5, 0.6) is 0 Å². The number of hydrogen-bond acceptors (Lipinski definition) is 3. The number of hydrogen-bond donors (Lipinski definition) is 1. The van der Waals surface area contributed by atoms with Crippen molar-refractivity contribution in [2.24, 2.45) is 0 Å². The second kappa shape index (κ2) is 7.87. The number of benzene rings is 2. The first-order chi connectivity index (χ1) is 13.1. The molecule has 0 atom stereocenters. The first kappa shape index (κ1) is 18.3. The molecule has 1 aromatic heterocycles. The Morgan fingerprint density at radius 3 is 2.74 bits per heavy atom. The van der Waals surface area contributed by atoms with Gasteiger partial charge in [-0.05, 0) is 73.7 Å². The van der Waals surface area contributed by atoms with Gasteiger partial charge in [0.1, 0.15) is 5.82 Å². The highest BCUT2D eigenvalue weighted by Gasteiger charge is 2.19. The molecule has 138 valence electrons. The van der Waals surface area contributed by atoms with E-state index in [1.165, 1.54) is 29.5 Å². The molecule has 0 aliphatic heterocycles. The smallest absolute Gasteiger partial charge is 0.234 e. The number of carbonyl (C=O) groups is 1. The molecule has 1 heterocycles. The summed E-state index contributed by atoms with van der Waals surface area (Å²) in [6.45, 7) is 0. The van der Waals surface area contributed by atoms with Gasteiger partial charge in [-0.2, -0.15) is 0 Å². The van der Waals surface area contributed by atoms with E-state index in [1.807, 2.05) is 18.2 Å². The summed E-state index contributed by atoms with van der Waals surface area (Å²) in [5.41, 5.74) is 3.89. The molecule has 0 fully saturated rings. The summed E-state index contributed by atoms with van der Waals surface area (Å²) in [7, 11) is 0. The average molecular weight is 401 g/mol. The maximum Gasteiger partial charge on any atom is 0.234 e. The maximum absolute atomic E-state index is 13.0. The lowest BCUT2D eigenvalue weighted by molar-refractivity contribution is -0.113. The van der Waals surface area contributed by atoms with Gasteiger partial charge in [0.2, 0.25) is 5.91 Å². The lowest BCUT2D eigenvalue weighted by Gasteiger charge is -2.20. The van der Waals surface area contributed by atoms with Crippen molar-refractivity contribution in [2.45, 2.75) is 30.6 Å². The van der Waals surface area contributed by atoms with E-state index in [1.54, 1.807) is 12.1 Å². The second-order valence-electron chi connectivity index (χ2n) is 6.58. The Morgan fingerprint density at radius 1 is 1.15 bits per heavy atom. The van der Waals surface area contributed by atoms with E-state index in [9.17, 15) is 9.18 Å². The predicted octanol–water partition coefficient (Wildman–Crippen LogP) is 5.64. The van der Waals surface area contributed by atoms with E-state index >= 15 is 0 Å². The molecule has 0 saturated carbocycles. The number of amides is 1. The van der Waals surface area contributed by atoms with Crippen molar-refractivity contribution in [1.29, 1.82) is 0 Å². The molecule has 0 spiro atoms. The topological polar surface area (TPSA) is 42.0 Å². The fourth-order valence-electron chi connectivity index (χ4n) is 3.39. The molecule has 3 aromatic rings. The summed E-state index contributed by atoms with van der Waals surface area (Å²) in [6.07, 6.45) is 4.24. The van der Waals surface area contributed by atoms with Gasteiger partial charge in [-0.15, -0.1) is 11.8 Å². The van der Waals surface area contributed by atoms with Gasteiger partial charge >= 0.3 is 0 Å². The zero-order valence-corrected chi connectivity index (χ0v) is 16.2. The molecule has 2 aromatic carbocycles. The number of pyridine rings is 1. The van der Waals surface area contributed by atoms with E-state index in [-0.39, 0.29) is 17.5 Å². The summed E-state index contributed by atoms with van der Waals surface area (Å²) in [6, 6.07) is 11.5. The number of thioether (sulfide) groups is 1. The Morgan fingerprint density at radius 2 is 1.93 bits per heavy atom. The lowest BCUT2D eigenvalue weighted by atomic mass is 9.94. The van der Waals surface area contributed by atoms with E-state index in [0.29, 0.717) is 10.7 Å². The fourth-order valence-corrected chi connectivity index (χ4v) is 4.62. The number of fused-ring (bicyclic) bond motifs is 2. The SMILES string of the molecule is O=C(CSc1c2c(nc3ccc(Cl)cc13)CCCC2)Nc1ccc(F)cc1. The molecule has 6 heteroatoms. The Labute approximate surface area is 166 Å². The van der Waals surface area contributed by atoms with Gasteiger partial charge < -0.3 is 5.32 Å². The zero-order chi connectivity index (χ0) is 18.8. The van der Waals surface area contributed by atoms with Crippen molar-refractivity contribution in [3.05, 3.63) is 64.6 Å². The summed E-state index contributed by atoms with van der Waals surface area (Å²) in [5.74, 6) is -0.174. The van der Waals surface area contributed by atoms with Gasteiger partial charge in [-0.1, -0.05) is 11.6 Å². The van der Waals surface area contributed by atoms with Gasteiger partial charge in [0, 0.05) is 26.7 Å². The minimum absolute atomic E-state index is 0.122. The highest BCUT2D eigenvalue weighted by molar-refractivity contribution is 8.00.